The van der Waals surface area contributed by atoms with Gasteiger partial charge in [-0.05, 0) is 45.6 Å². The lowest BCUT2D eigenvalue weighted by molar-refractivity contribution is -0.126. The van der Waals surface area contributed by atoms with E-state index in [1.807, 2.05) is 6.92 Å². The highest BCUT2D eigenvalue weighted by molar-refractivity contribution is 5.84. The molecule has 0 bridgehead atoms. The van der Waals surface area contributed by atoms with Crippen LogP contribution in [0.2, 0.25) is 0 Å². The number of nitrogens with two attached hydrogens (primary N) is 1. The molecule has 0 aromatic heterocycles. The average Bonchev–Trinajstić information content (AvgIpc) is 2.45. The van der Waals surface area contributed by atoms with Crippen LogP contribution < -0.4 is 11.1 Å². The van der Waals surface area contributed by atoms with Crippen LogP contribution in [0.3, 0.4) is 0 Å². The molecular formula is C17H34N2O2. The van der Waals surface area contributed by atoms with Crippen LogP contribution in [-0.4, -0.2) is 30.2 Å². The van der Waals surface area contributed by atoms with E-state index in [-0.39, 0.29) is 12.0 Å². The molecule has 0 radical (unpaired) electrons. The predicted octanol–water partition coefficient (Wildman–Crippen LogP) is 2.99. The summed E-state index contributed by atoms with van der Waals surface area (Å²) in [6, 6.07) is 0. The zero-order chi connectivity index (χ0) is 15.9. The van der Waals surface area contributed by atoms with Gasteiger partial charge in [-0.25, -0.2) is 0 Å². The Balaban J connectivity index is 2.49. The third-order valence-electron chi connectivity index (χ3n) is 4.74. The van der Waals surface area contributed by atoms with E-state index in [1.54, 1.807) is 0 Å². The van der Waals surface area contributed by atoms with Crippen molar-refractivity contribution in [3.8, 4) is 0 Å². The van der Waals surface area contributed by atoms with Gasteiger partial charge in [0.2, 0.25) is 5.91 Å². The van der Waals surface area contributed by atoms with Crippen LogP contribution in [0, 0.1) is 5.92 Å². The quantitative estimate of drug-likeness (QED) is 0.688. The summed E-state index contributed by atoms with van der Waals surface area (Å²) >= 11 is 0. The topological polar surface area (TPSA) is 64.3 Å². The summed E-state index contributed by atoms with van der Waals surface area (Å²) in [5.41, 5.74) is 4.91. The molecule has 4 nitrogen and oxygen atoms in total. The SMILES string of the molecule is CCCNC(C)(CC(C)OC1CCCC(CC)C1)C(N)=O. The maximum atomic E-state index is 11.8. The van der Waals surface area contributed by atoms with Crippen molar-refractivity contribution in [3.63, 3.8) is 0 Å². The number of amides is 1. The lowest BCUT2D eigenvalue weighted by Gasteiger charge is -2.34. The largest absolute Gasteiger partial charge is 0.375 e. The average molecular weight is 298 g/mol. The van der Waals surface area contributed by atoms with Gasteiger partial charge >= 0.3 is 0 Å². The fourth-order valence-corrected chi connectivity index (χ4v) is 3.35. The van der Waals surface area contributed by atoms with E-state index in [0.717, 1.165) is 31.7 Å². The van der Waals surface area contributed by atoms with Gasteiger partial charge in [0.05, 0.1) is 17.7 Å². The van der Waals surface area contributed by atoms with Crippen LogP contribution in [0.1, 0.15) is 72.6 Å². The maximum absolute atomic E-state index is 11.8. The molecule has 21 heavy (non-hydrogen) atoms. The number of rotatable bonds is 9. The zero-order valence-electron chi connectivity index (χ0n) is 14.3. The van der Waals surface area contributed by atoms with Crippen molar-refractivity contribution in [1.82, 2.24) is 5.32 Å². The fraction of sp³-hybridized carbons (Fsp3) is 0.941. The Morgan fingerprint density at radius 2 is 2.14 bits per heavy atom. The van der Waals surface area contributed by atoms with E-state index in [2.05, 4.69) is 26.1 Å². The molecule has 4 heteroatoms. The molecule has 1 saturated carbocycles. The molecule has 0 saturated heterocycles. The summed E-state index contributed by atoms with van der Waals surface area (Å²) in [6.07, 6.45) is 8.17. The van der Waals surface area contributed by atoms with E-state index in [0.29, 0.717) is 12.5 Å². The van der Waals surface area contributed by atoms with Gasteiger partial charge in [0.15, 0.2) is 0 Å². The predicted molar refractivity (Wildman–Crippen MR) is 87.1 cm³/mol. The second-order valence-corrected chi connectivity index (χ2v) is 6.84. The number of hydrogen-bond acceptors (Lipinski definition) is 3. The minimum atomic E-state index is -0.672. The Kier molecular flexibility index (Phi) is 7.67. The smallest absolute Gasteiger partial charge is 0.237 e. The van der Waals surface area contributed by atoms with Crippen LogP contribution >= 0.6 is 0 Å². The van der Waals surface area contributed by atoms with Gasteiger partial charge < -0.3 is 15.8 Å². The van der Waals surface area contributed by atoms with Gasteiger partial charge in [-0.15, -0.1) is 0 Å². The minimum absolute atomic E-state index is 0.0486. The zero-order valence-corrected chi connectivity index (χ0v) is 14.3. The van der Waals surface area contributed by atoms with Gasteiger partial charge in [-0.2, -0.15) is 0 Å². The lowest BCUT2D eigenvalue weighted by atomic mass is 9.85. The van der Waals surface area contributed by atoms with Crippen LogP contribution in [0.15, 0.2) is 0 Å². The number of carbonyl (C=O) groups is 1. The molecule has 1 amide bonds. The van der Waals surface area contributed by atoms with Crippen molar-refractivity contribution in [3.05, 3.63) is 0 Å². The van der Waals surface area contributed by atoms with Crippen LogP contribution in [0.5, 0.6) is 0 Å². The molecule has 1 aliphatic carbocycles. The Bertz CT molecular complexity index is 322. The van der Waals surface area contributed by atoms with Gasteiger partial charge in [-0.3, -0.25) is 4.79 Å². The third kappa shape index (κ3) is 5.95. The van der Waals surface area contributed by atoms with Gasteiger partial charge in [0.25, 0.3) is 0 Å². The van der Waals surface area contributed by atoms with E-state index < -0.39 is 5.54 Å². The highest BCUT2D eigenvalue weighted by Gasteiger charge is 2.33. The molecule has 1 fully saturated rings. The summed E-state index contributed by atoms with van der Waals surface area (Å²) in [7, 11) is 0. The Labute approximate surface area is 130 Å². The summed E-state index contributed by atoms with van der Waals surface area (Å²) < 4.78 is 6.20. The molecule has 4 atom stereocenters. The first kappa shape index (κ1) is 18.4. The molecule has 0 spiro atoms. The molecule has 0 aromatic carbocycles. The van der Waals surface area contributed by atoms with E-state index in [1.165, 1.54) is 19.3 Å². The van der Waals surface area contributed by atoms with Gasteiger partial charge in [0, 0.05) is 6.42 Å². The molecule has 0 heterocycles. The van der Waals surface area contributed by atoms with Crippen LogP contribution in [0.25, 0.3) is 0 Å². The lowest BCUT2D eigenvalue weighted by Crippen LogP contribution is -2.55. The first-order valence-corrected chi connectivity index (χ1v) is 8.61. The van der Waals surface area contributed by atoms with E-state index in [4.69, 9.17) is 10.5 Å². The van der Waals surface area contributed by atoms with E-state index >= 15 is 0 Å². The highest BCUT2D eigenvalue weighted by Crippen LogP contribution is 2.30. The Morgan fingerprint density at radius 1 is 1.43 bits per heavy atom. The standard InChI is InChI=1S/C17H34N2O2/c1-5-10-19-17(4,16(18)20)12-13(3)21-15-9-7-8-14(6-2)11-15/h13-15,19H,5-12H2,1-4H3,(H2,18,20). The second-order valence-electron chi connectivity index (χ2n) is 6.84. The second kappa shape index (κ2) is 8.74. The normalized spacial score (nSPS) is 27.0. The molecule has 3 N–H and O–H groups in total. The summed E-state index contributed by atoms with van der Waals surface area (Å²) in [5.74, 6) is 0.512. The fourth-order valence-electron chi connectivity index (χ4n) is 3.35. The highest BCUT2D eigenvalue weighted by atomic mass is 16.5. The Hall–Kier alpha value is -0.610. The summed E-state index contributed by atoms with van der Waals surface area (Å²) in [6.45, 7) is 9.09. The van der Waals surface area contributed by atoms with Gasteiger partial charge in [-0.1, -0.05) is 33.1 Å². The molecule has 124 valence electrons. The maximum Gasteiger partial charge on any atom is 0.237 e. The first-order valence-electron chi connectivity index (χ1n) is 8.61. The number of ether oxygens (including phenoxy) is 1. The number of hydrogen-bond donors (Lipinski definition) is 2. The van der Waals surface area contributed by atoms with Crippen molar-refractivity contribution in [2.24, 2.45) is 11.7 Å². The molecule has 1 aliphatic rings. The first-order chi connectivity index (χ1) is 9.91. The van der Waals surface area contributed by atoms with Crippen molar-refractivity contribution < 1.29 is 9.53 Å². The van der Waals surface area contributed by atoms with Crippen molar-refractivity contribution in [2.45, 2.75) is 90.4 Å². The van der Waals surface area contributed by atoms with Crippen LogP contribution in [-0.2, 0) is 9.53 Å². The van der Waals surface area contributed by atoms with Crippen molar-refractivity contribution in [1.29, 1.82) is 0 Å². The molecular weight excluding hydrogens is 264 g/mol. The van der Waals surface area contributed by atoms with Crippen molar-refractivity contribution >= 4 is 5.91 Å². The molecule has 0 aliphatic heterocycles. The van der Waals surface area contributed by atoms with E-state index in [9.17, 15) is 4.79 Å². The van der Waals surface area contributed by atoms with Gasteiger partial charge in [0.1, 0.15) is 0 Å². The number of primary amides is 1. The summed E-state index contributed by atoms with van der Waals surface area (Å²) in [4.78, 5) is 11.8. The minimum Gasteiger partial charge on any atom is -0.375 e. The monoisotopic (exact) mass is 298 g/mol. The number of nitrogens with one attached hydrogen (secondary N) is 1. The molecule has 0 aromatic rings. The van der Waals surface area contributed by atoms with Crippen LogP contribution in [0.4, 0.5) is 0 Å². The molecule has 4 unspecified atom stereocenters. The third-order valence-corrected chi connectivity index (χ3v) is 4.74. The number of carbonyl (C=O) groups excluding carboxylic acids is 1. The summed E-state index contributed by atoms with van der Waals surface area (Å²) in [5, 5.41) is 3.28. The Morgan fingerprint density at radius 3 is 2.71 bits per heavy atom. The molecule has 1 rings (SSSR count). The van der Waals surface area contributed by atoms with Crippen molar-refractivity contribution in [2.75, 3.05) is 6.54 Å².